The van der Waals surface area contributed by atoms with Gasteiger partial charge in [-0.1, -0.05) is 0 Å². The van der Waals surface area contributed by atoms with Crippen molar-refractivity contribution in [1.82, 2.24) is 20.3 Å². The summed E-state index contributed by atoms with van der Waals surface area (Å²) in [6.45, 7) is 0.925. The molecule has 0 bridgehead atoms. The number of carbonyl (C=O) groups excluding carboxylic acids is 1. The second-order valence-electron chi connectivity index (χ2n) is 3.20. The Morgan fingerprint density at radius 2 is 2.11 bits per heavy atom. The van der Waals surface area contributed by atoms with Crippen LogP contribution in [0, 0.1) is 0 Å². The van der Waals surface area contributed by atoms with E-state index in [9.17, 15) is 4.79 Å². The average molecular weight is 256 g/mol. The Hall–Kier alpha value is -2.16. The normalized spacial score (nSPS) is 9.89. The smallest absolute Gasteiger partial charge is 0.322 e. The lowest BCUT2D eigenvalue weighted by Gasteiger charge is -2.07. The summed E-state index contributed by atoms with van der Waals surface area (Å²) in [5.74, 6) is -0.00427. The van der Waals surface area contributed by atoms with Gasteiger partial charge in [0, 0.05) is 13.7 Å². The molecular formula is C9H16N6O3. The van der Waals surface area contributed by atoms with Gasteiger partial charge in [0.2, 0.25) is 17.8 Å². The number of methoxy groups -OCH3 is 2. The van der Waals surface area contributed by atoms with Crippen LogP contribution in [0.5, 0.6) is 6.01 Å². The molecule has 9 heteroatoms. The quantitative estimate of drug-likeness (QED) is 0.511. The number of anilines is 2. The lowest BCUT2D eigenvalue weighted by Crippen LogP contribution is -2.32. The summed E-state index contributed by atoms with van der Waals surface area (Å²) in [4.78, 5) is 22.8. The number of amides is 1. The predicted octanol–water partition coefficient (Wildman–Crippen LogP) is -1.36. The Balaban J connectivity index is 2.43. The molecule has 0 aliphatic heterocycles. The molecule has 1 heterocycles. The van der Waals surface area contributed by atoms with Crippen LogP contribution in [0.1, 0.15) is 0 Å². The van der Waals surface area contributed by atoms with Gasteiger partial charge in [0.25, 0.3) is 0 Å². The monoisotopic (exact) mass is 256 g/mol. The Kier molecular flexibility index (Phi) is 5.58. The molecule has 4 N–H and O–H groups in total. The Morgan fingerprint density at radius 1 is 1.33 bits per heavy atom. The van der Waals surface area contributed by atoms with Crippen LogP contribution >= 0.6 is 0 Å². The van der Waals surface area contributed by atoms with Gasteiger partial charge in [-0.2, -0.15) is 15.0 Å². The second kappa shape index (κ2) is 7.22. The largest absolute Gasteiger partial charge is 0.467 e. The number of nitrogens with one attached hydrogen (secondary N) is 2. The van der Waals surface area contributed by atoms with Gasteiger partial charge in [-0.05, 0) is 0 Å². The number of nitrogen functional groups attached to an aromatic ring is 1. The van der Waals surface area contributed by atoms with Gasteiger partial charge in [0.15, 0.2) is 0 Å². The Bertz CT molecular complexity index is 400. The summed E-state index contributed by atoms with van der Waals surface area (Å²) in [6, 6.07) is 0.0878. The van der Waals surface area contributed by atoms with E-state index in [4.69, 9.17) is 15.2 Å². The van der Waals surface area contributed by atoms with Crippen LogP contribution in [-0.4, -0.2) is 54.8 Å². The molecule has 0 aliphatic rings. The van der Waals surface area contributed by atoms with Crippen molar-refractivity contribution in [2.45, 2.75) is 0 Å². The molecule has 1 amide bonds. The molecular weight excluding hydrogens is 240 g/mol. The number of hydrogen-bond acceptors (Lipinski definition) is 8. The number of nitrogens with zero attached hydrogens (tertiary/aromatic N) is 3. The molecule has 0 spiro atoms. The number of rotatable bonds is 7. The van der Waals surface area contributed by atoms with E-state index >= 15 is 0 Å². The number of hydrogen-bond donors (Lipinski definition) is 3. The number of aromatic nitrogens is 3. The summed E-state index contributed by atoms with van der Waals surface area (Å²) in [5, 5.41) is 5.35. The summed E-state index contributed by atoms with van der Waals surface area (Å²) in [6.07, 6.45) is 0. The van der Waals surface area contributed by atoms with Crippen molar-refractivity contribution in [2.24, 2.45) is 0 Å². The summed E-state index contributed by atoms with van der Waals surface area (Å²) < 4.78 is 9.62. The molecule has 0 saturated carbocycles. The molecule has 100 valence electrons. The fourth-order valence-electron chi connectivity index (χ4n) is 1.06. The first-order valence-corrected chi connectivity index (χ1v) is 5.20. The van der Waals surface area contributed by atoms with Crippen molar-refractivity contribution < 1.29 is 14.3 Å². The predicted molar refractivity (Wildman–Crippen MR) is 64.2 cm³/mol. The highest BCUT2D eigenvalue weighted by molar-refractivity contribution is 5.80. The standard InChI is InChI=1S/C9H16N6O3/c1-17-4-3-11-6(16)5-12-8-13-7(10)14-9(15-8)18-2/h3-5H2,1-2H3,(H,11,16)(H3,10,12,13,14,15). The lowest BCUT2D eigenvalue weighted by molar-refractivity contribution is -0.119. The Labute approximate surface area is 104 Å². The van der Waals surface area contributed by atoms with E-state index in [-0.39, 0.29) is 30.4 Å². The van der Waals surface area contributed by atoms with Crippen molar-refractivity contribution >= 4 is 17.8 Å². The molecule has 18 heavy (non-hydrogen) atoms. The minimum Gasteiger partial charge on any atom is -0.467 e. The van der Waals surface area contributed by atoms with Gasteiger partial charge >= 0.3 is 6.01 Å². The van der Waals surface area contributed by atoms with E-state index in [0.717, 1.165) is 0 Å². The highest BCUT2D eigenvalue weighted by Gasteiger charge is 2.06. The third-order valence-corrected chi connectivity index (χ3v) is 1.85. The molecule has 1 aromatic rings. The minimum atomic E-state index is -0.204. The van der Waals surface area contributed by atoms with Gasteiger partial charge in [-0.15, -0.1) is 0 Å². The van der Waals surface area contributed by atoms with E-state index in [1.165, 1.54) is 7.11 Å². The van der Waals surface area contributed by atoms with Crippen molar-refractivity contribution in [1.29, 1.82) is 0 Å². The topological polar surface area (TPSA) is 124 Å². The zero-order chi connectivity index (χ0) is 13.4. The summed E-state index contributed by atoms with van der Waals surface area (Å²) in [5.41, 5.74) is 5.44. The van der Waals surface area contributed by atoms with E-state index in [1.807, 2.05) is 0 Å². The molecule has 9 nitrogen and oxygen atoms in total. The highest BCUT2D eigenvalue weighted by Crippen LogP contribution is 2.07. The van der Waals surface area contributed by atoms with Crippen LogP contribution in [0.25, 0.3) is 0 Å². The van der Waals surface area contributed by atoms with Crippen LogP contribution in [0.4, 0.5) is 11.9 Å². The van der Waals surface area contributed by atoms with E-state index in [0.29, 0.717) is 13.2 Å². The SMILES string of the molecule is COCCNC(=O)CNc1nc(N)nc(OC)n1. The van der Waals surface area contributed by atoms with Crippen molar-refractivity contribution in [2.75, 3.05) is 45.0 Å². The lowest BCUT2D eigenvalue weighted by atomic mass is 10.5. The van der Waals surface area contributed by atoms with Gasteiger partial charge in [0.1, 0.15) is 0 Å². The van der Waals surface area contributed by atoms with Gasteiger partial charge in [0.05, 0.1) is 20.3 Å². The fraction of sp³-hybridized carbons (Fsp3) is 0.556. The molecule has 0 unspecified atom stereocenters. The minimum absolute atomic E-state index is 0.0177. The summed E-state index contributed by atoms with van der Waals surface area (Å²) >= 11 is 0. The first-order chi connectivity index (χ1) is 8.65. The highest BCUT2D eigenvalue weighted by atomic mass is 16.5. The first-order valence-electron chi connectivity index (χ1n) is 5.20. The fourth-order valence-corrected chi connectivity index (χ4v) is 1.06. The Morgan fingerprint density at radius 3 is 2.78 bits per heavy atom. The van der Waals surface area contributed by atoms with Crippen LogP contribution in [-0.2, 0) is 9.53 Å². The van der Waals surface area contributed by atoms with E-state index < -0.39 is 0 Å². The van der Waals surface area contributed by atoms with Crippen molar-refractivity contribution in [3.63, 3.8) is 0 Å². The first kappa shape index (κ1) is 13.9. The number of nitrogens with two attached hydrogens (primary N) is 1. The van der Waals surface area contributed by atoms with Crippen LogP contribution in [0.3, 0.4) is 0 Å². The van der Waals surface area contributed by atoms with Crippen LogP contribution in [0.15, 0.2) is 0 Å². The third-order valence-electron chi connectivity index (χ3n) is 1.85. The van der Waals surface area contributed by atoms with Gasteiger partial charge < -0.3 is 25.8 Å². The maximum absolute atomic E-state index is 11.4. The van der Waals surface area contributed by atoms with E-state index in [2.05, 4.69) is 25.6 Å². The second-order valence-corrected chi connectivity index (χ2v) is 3.20. The zero-order valence-corrected chi connectivity index (χ0v) is 10.3. The molecule has 0 fully saturated rings. The maximum Gasteiger partial charge on any atom is 0.322 e. The third kappa shape index (κ3) is 4.78. The molecule has 1 aromatic heterocycles. The van der Waals surface area contributed by atoms with Crippen LogP contribution < -0.4 is 21.1 Å². The number of carbonyl (C=O) groups is 1. The van der Waals surface area contributed by atoms with Gasteiger partial charge in [-0.3, -0.25) is 4.79 Å². The molecule has 0 aliphatic carbocycles. The number of ether oxygens (including phenoxy) is 2. The molecule has 0 aromatic carbocycles. The molecule has 0 atom stereocenters. The molecule has 0 saturated heterocycles. The van der Waals surface area contributed by atoms with Crippen LogP contribution in [0.2, 0.25) is 0 Å². The van der Waals surface area contributed by atoms with Crippen molar-refractivity contribution in [3.05, 3.63) is 0 Å². The average Bonchev–Trinajstić information content (AvgIpc) is 2.36. The summed E-state index contributed by atoms with van der Waals surface area (Å²) in [7, 11) is 2.97. The van der Waals surface area contributed by atoms with Gasteiger partial charge in [-0.25, -0.2) is 0 Å². The van der Waals surface area contributed by atoms with Crippen molar-refractivity contribution in [3.8, 4) is 6.01 Å². The molecule has 0 radical (unpaired) electrons. The van der Waals surface area contributed by atoms with E-state index in [1.54, 1.807) is 7.11 Å². The maximum atomic E-state index is 11.4. The zero-order valence-electron chi connectivity index (χ0n) is 10.3. The molecule has 1 rings (SSSR count).